The summed E-state index contributed by atoms with van der Waals surface area (Å²) in [7, 11) is 0. The van der Waals surface area contributed by atoms with Crippen LogP contribution < -0.4 is 5.32 Å². The van der Waals surface area contributed by atoms with E-state index in [1.165, 1.54) is 18.5 Å². The third-order valence-electron chi connectivity index (χ3n) is 1.95. The van der Waals surface area contributed by atoms with Gasteiger partial charge in [-0.05, 0) is 28.1 Å². The standard InChI is InChI=1S/C10H5BrClF2N3/c11-7-9(12)15-4-16-10(7)17-6-3-1-2-5(13)8(6)14/h1-4H,(H,15,16,17). The van der Waals surface area contributed by atoms with Crippen LogP contribution in [0.1, 0.15) is 0 Å². The molecule has 0 radical (unpaired) electrons. The lowest BCUT2D eigenvalue weighted by Crippen LogP contribution is -1.99. The van der Waals surface area contributed by atoms with Gasteiger partial charge in [0, 0.05) is 0 Å². The largest absolute Gasteiger partial charge is 0.337 e. The van der Waals surface area contributed by atoms with Crippen molar-refractivity contribution in [3.63, 3.8) is 0 Å². The van der Waals surface area contributed by atoms with Gasteiger partial charge in [-0.2, -0.15) is 0 Å². The Hall–Kier alpha value is -1.27. The quantitative estimate of drug-likeness (QED) is 0.852. The SMILES string of the molecule is Fc1cccc(Nc2ncnc(Cl)c2Br)c1F. The van der Waals surface area contributed by atoms with Crippen molar-refractivity contribution >= 4 is 39.0 Å². The molecule has 0 amide bonds. The van der Waals surface area contributed by atoms with E-state index in [0.29, 0.717) is 4.47 Å². The minimum Gasteiger partial charge on any atom is -0.337 e. The molecule has 0 aliphatic carbocycles. The van der Waals surface area contributed by atoms with Crippen LogP contribution in [-0.2, 0) is 0 Å². The average molecular weight is 321 g/mol. The van der Waals surface area contributed by atoms with Crippen molar-refractivity contribution in [3.05, 3.63) is 45.8 Å². The lowest BCUT2D eigenvalue weighted by molar-refractivity contribution is 0.511. The number of aromatic nitrogens is 2. The first-order chi connectivity index (χ1) is 8.09. The fourth-order valence-electron chi connectivity index (χ4n) is 1.16. The predicted molar refractivity (Wildman–Crippen MR) is 64.4 cm³/mol. The molecule has 0 aliphatic heterocycles. The minimum atomic E-state index is -0.978. The van der Waals surface area contributed by atoms with Crippen molar-refractivity contribution in [3.8, 4) is 0 Å². The summed E-state index contributed by atoms with van der Waals surface area (Å²) in [6.07, 6.45) is 1.21. The van der Waals surface area contributed by atoms with E-state index in [2.05, 4.69) is 31.2 Å². The second-order valence-corrected chi connectivity index (χ2v) is 4.20. The van der Waals surface area contributed by atoms with Crippen LogP contribution in [0, 0.1) is 11.6 Å². The van der Waals surface area contributed by atoms with E-state index in [0.717, 1.165) is 6.07 Å². The molecular formula is C10H5BrClF2N3. The number of hydrogen-bond acceptors (Lipinski definition) is 3. The van der Waals surface area contributed by atoms with Gasteiger partial charge in [0.15, 0.2) is 11.6 Å². The van der Waals surface area contributed by atoms with E-state index in [1.54, 1.807) is 0 Å². The Morgan fingerprint density at radius 1 is 1.24 bits per heavy atom. The Bertz CT molecular complexity index is 516. The zero-order valence-corrected chi connectivity index (χ0v) is 10.6. The number of benzene rings is 1. The van der Waals surface area contributed by atoms with Crippen LogP contribution in [0.5, 0.6) is 0 Å². The second kappa shape index (κ2) is 4.93. The Morgan fingerprint density at radius 2 is 2.00 bits per heavy atom. The predicted octanol–water partition coefficient (Wildman–Crippen LogP) is 3.91. The number of halogens is 4. The monoisotopic (exact) mass is 319 g/mol. The Labute approximate surface area is 109 Å². The van der Waals surface area contributed by atoms with Crippen molar-refractivity contribution in [2.45, 2.75) is 0 Å². The number of anilines is 2. The molecule has 1 aromatic carbocycles. The summed E-state index contributed by atoms with van der Waals surface area (Å²) in [4.78, 5) is 7.58. The zero-order chi connectivity index (χ0) is 12.4. The normalized spacial score (nSPS) is 10.4. The van der Waals surface area contributed by atoms with Crippen LogP contribution >= 0.6 is 27.5 Å². The summed E-state index contributed by atoms with van der Waals surface area (Å²) >= 11 is 8.89. The molecular weight excluding hydrogens is 315 g/mol. The highest BCUT2D eigenvalue weighted by molar-refractivity contribution is 9.10. The maximum absolute atomic E-state index is 13.4. The van der Waals surface area contributed by atoms with Crippen molar-refractivity contribution in [2.24, 2.45) is 0 Å². The fraction of sp³-hybridized carbons (Fsp3) is 0. The summed E-state index contributed by atoms with van der Waals surface area (Å²) in [6.45, 7) is 0. The number of rotatable bonds is 2. The third kappa shape index (κ3) is 2.53. The third-order valence-corrected chi connectivity index (χ3v) is 3.22. The Balaban J connectivity index is 2.38. The van der Waals surface area contributed by atoms with Crippen LogP contribution in [0.3, 0.4) is 0 Å². The van der Waals surface area contributed by atoms with Gasteiger partial charge in [0.2, 0.25) is 0 Å². The van der Waals surface area contributed by atoms with E-state index in [9.17, 15) is 8.78 Å². The number of hydrogen-bond donors (Lipinski definition) is 1. The average Bonchev–Trinajstić information content (AvgIpc) is 2.31. The second-order valence-electron chi connectivity index (χ2n) is 3.05. The first-order valence-electron chi connectivity index (χ1n) is 4.46. The summed E-state index contributed by atoms with van der Waals surface area (Å²) in [5.41, 5.74) is -0.0273. The van der Waals surface area contributed by atoms with Gasteiger partial charge in [-0.15, -0.1) is 0 Å². The number of nitrogens with zero attached hydrogens (tertiary/aromatic N) is 2. The van der Waals surface area contributed by atoms with Crippen LogP contribution in [0.15, 0.2) is 29.0 Å². The molecule has 0 fully saturated rings. The molecule has 0 unspecified atom stereocenters. The van der Waals surface area contributed by atoms with E-state index >= 15 is 0 Å². The molecule has 2 aromatic rings. The lowest BCUT2D eigenvalue weighted by Gasteiger charge is -2.08. The van der Waals surface area contributed by atoms with Gasteiger partial charge in [-0.3, -0.25) is 0 Å². The van der Waals surface area contributed by atoms with Gasteiger partial charge in [-0.1, -0.05) is 17.7 Å². The summed E-state index contributed by atoms with van der Waals surface area (Å²) in [5, 5.41) is 2.80. The van der Waals surface area contributed by atoms with Crippen molar-refractivity contribution in [1.82, 2.24) is 9.97 Å². The molecule has 1 N–H and O–H groups in total. The molecule has 0 aliphatic rings. The van der Waals surface area contributed by atoms with Crippen LogP contribution in [0.25, 0.3) is 0 Å². The van der Waals surface area contributed by atoms with E-state index in [1.807, 2.05) is 0 Å². The van der Waals surface area contributed by atoms with Crippen molar-refractivity contribution in [2.75, 3.05) is 5.32 Å². The lowest BCUT2D eigenvalue weighted by atomic mass is 10.3. The summed E-state index contributed by atoms with van der Waals surface area (Å²) in [6, 6.07) is 3.81. The molecule has 0 saturated heterocycles. The highest BCUT2D eigenvalue weighted by Gasteiger charge is 2.11. The molecule has 17 heavy (non-hydrogen) atoms. The summed E-state index contributed by atoms with van der Waals surface area (Å²) < 4.78 is 26.7. The smallest absolute Gasteiger partial charge is 0.182 e. The highest BCUT2D eigenvalue weighted by atomic mass is 79.9. The van der Waals surface area contributed by atoms with E-state index in [-0.39, 0.29) is 16.7 Å². The molecule has 0 bridgehead atoms. The number of nitrogens with one attached hydrogen (secondary N) is 1. The van der Waals surface area contributed by atoms with Gasteiger partial charge < -0.3 is 5.32 Å². The molecule has 2 rings (SSSR count). The molecule has 0 atom stereocenters. The maximum Gasteiger partial charge on any atom is 0.182 e. The van der Waals surface area contributed by atoms with E-state index < -0.39 is 11.6 Å². The first-order valence-corrected chi connectivity index (χ1v) is 5.63. The van der Waals surface area contributed by atoms with Gasteiger partial charge in [-0.25, -0.2) is 18.7 Å². The topological polar surface area (TPSA) is 37.8 Å². The molecule has 88 valence electrons. The van der Waals surface area contributed by atoms with Gasteiger partial charge >= 0.3 is 0 Å². The van der Waals surface area contributed by atoms with E-state index in [4.69, 9.17) is 11.6 Å². The summed E-state index contributed by atoms with van der Waals surface area (Å²) in [5.74, 6) is -1.66. The Morgan fingerprint density at radius 3 is 2.76 bits per heavy atom. The minimum absolute atomic E-state index is 0.0273. The molecule has 7 heteroatoms. The highest BCUT2D eigenvalue weighted by Crippen LogP contribution is 2.29. The van der Waals surface area contributed by atoms with Gasteiger partial charge in [0.1, 0.15) is 17.3 Å². The molecule has 1 aromatic heterocycles. The van der Waals surface area contributed by atoms with Crippen molar-refractivity contribution in [1.29, 1.82) is 0 Å². The molecule has 0 spiro atoms. The van der Waals surface area contributed by atoms with Crippen LogP contribution in [-0.4, -0.2) is 9.97 Å². The fourth-order valence-corrected chi connectivity index (χ4v) is 1.60. The molecule has 0 saturated carbocycles. The van der Waals surface area contributed by atoms with Crippen LogP contribution in [0.4, 0.5) is 20.3 Å². The van der Waals surface area contributed by atoms with Gasteiger partial charge in [0.25, 0.3) is 0 Å². The zero-order valence-electron chi connectivity index (χ0n) is 8.22. The molecule has 3 nitrogen and oxygen atoms in total. The van der Waals surface area contributed by atoms with Crippen LogP contribution in [0.2, 0.25) is 5.15 Å². The maximum atomic E-state index is 13.4. The first kappa shape index (κ1) is 12.2. The van der Waals surface area contributed by atoms with Gasteiger partial charge in [0.05, 0.1) is 10.2 Å². The Kier molecular flexibility index (Phi) is 3.54. The molecule has 1 heterocycles. The van der Waals surface area contributed by atoms with Crippen molar-refractivity contribution < 1.29 is 8.78 Å².